The van der Waals surface area contributed by atoms with Gasteiger partial charge in [-0.05, 0) is 29.8 Å². The predicted octanol–water partition coefficient (Wildman–Crippen LogP) is 1.79. The highest BCUT2D eigenvalue weighted by Crippen LogP contribution is 2.19. The Hall–Kier alpha value is -3.04. The second-order valence-electron chi connectivity index (χ2n) is 6.09. The summed E-state index contributed by atoms with van der Waals surface area (Å²) in [6.07, 6.45) is 3.48. The third-order valence-corrected chi connectivity index (χ3v) is 3.99. The van der Waals surface area contributed by atoms with Gasteiger partial charge in [-0.2, -0.15) is 5.10 Å². The Bertz CT molecular complexity index is 1010. The van der Waals surface area contributed by atoms with Crippen LogP contribution in [0, 0.1) is 0 Å². The third kappa shape index (κ3) is 4.44. The zero-order chi connectivity index (χ0) is 19.4. The molecule has 0 saturated heterocycles. The number of aromatic nitrogens is 5. The van der Waals surface area contributed by atoms with Gasteiger partial charge in [-0.3, -0.25) is 0 Å². The van der Waals surface area contributed by atoms with Crippen molar-refractivity contribution in [3.63, 3.8) is 0 Å². The zero-order valence-electron chi connectivity index (χ0n) is 15.5. The summed E-state index contributed by atoms with van der Waals surface area (Å²) >= 11 is 0. The van der Waals surface area contributed by atoms with E-state index in [0.29, 0.717) is 17.8 Å². The van der Waals surface area contributed by atoms with E-state index in [4.69, 9.17) is 5.73 Å². The van der Waals surface area contributed by atoms with Gasteiger partial charge in [0.2, 0.25) is 0 Å². The number of nitrogens with zero attached hydrogens (tertiary/aromatic N) is 6. The number of hydrogen-bond acceptors (Lipinski definition) is 6. The maximum atomic E-state index is 12.7. The van der Waals surface area contributed by atoms with Gasteiger partial charge in [0.05, 0.1) is 18.6 Å². The normalized spacial score (nSPS) is 11.2. The molecule has 3 heterocycles. The molecule has 0 radical (unpaired) electrons. The average Bonchev–Trinajstić information content (AvgIpc) is 3.06. The minimum Gasteiger partial charge on any atom is -0.363 e. The summed E-state index contributed by atoms with van der Waals surface area (Å²) in [7, 11) is 3.83. The highest BCUT2D eigenvalue weighted by Gasteiger charge is 2.11. The minimum atomic E-state index is -0.423. The molecule has 3 aromatic heterocycles. The maximum Gasteiger partial charge on any atom is 0.351 e. The number of anilines is 1. The van der Waals surface area contributed by atoms with Crippen LogP contribution >= 0.6 is 12.4 Å². The van der Waals surface area contributed by atoms with Gasteiger partial charge in [-0.15, -0.1) is 12.4 Å². The van der Waals surface area contributed by atoms with Crippen molar-refractivity contribution in [3.05, 3.63) is 65.2 Å². The van der Waals surface area contributed by atoms with Crippen molar-refractivity contribution in [1.29, 1.82) is 0 Å². The molecule has 3 rings (SSSR count). The Morgan fingerprint density at radius 3 is 2.68 bits per heavy atom. The largest absolute Gasteiger partial charge is 0.363 e. The zero-order valence-corrected chi connectivity index (χ0v) is 16.3. The van der Waals surface area contributed by atoms with Crippen LogP contribution < -0.4 is 16.3 Å². The first-order valence-electron chi connectivity index (χ1n) is 8.27. The van der Waals surface area contributed by atoms with E-state index in [1.807, 2.05) is 37.2 Å². The molecule has 0 aliphatic rings. The Morgan fingerprint density at radius 2 is 2.07 bits per heavy atom. The van der Waals surface area contributed by atoms with Gasteiger partial charge < -0.3 is 10.6 Å². The van der Waals surface area contributed by atoms with Crippen molar-refractivity contribution in [2.45, 2.75) is 6.54 Å². The number of halogens is 2. The summed E-state index contributed by atoms with van der Waals surface area (Å²) in [5.41, 5.74) is 6.79. The van der Waals surface area contributed by atoms with Crippen molar-refractivity contribution in [2.24, 2.45) is 5.73 Å². The van der Waals surface area contributed by atoms with Gasteiger partial charge in [-0.1, -0.05) is 6.07 Å². The molecule has 0 aliphatic heterocycles. The molecule has 0 aliphatic carbocycles. The number of nitrogens with two attached hydrogens (primary N) is 1. The molecule has 0 amide bonds. The summed E-state index contributed by atoms with van der Waals surface area (Å²) in [6, 6.07) is 9.15. The van der Waals surface area contributed by atoms with Crippen molar-refractivity contribution in [3.8, 4) is 17.1 Å². The molecule has 3 aromatic rings. The lowest BCUT2D eigenvalue weighted by atomic mass is 10.2. The van der Waals surface area contributed by atoms with Crippen molar-refractivity contribution >= 4 is 18.2 Å². The molecule has 0 spiro atoms. The molecule has 0 unspecified atom stereocenters. The van der Waals surface area contributed by atoms with Gasteiger partial charge >= 0.3 is 5.69 Å². The Labute approximate surface area is 167 Å². The summed E-state index contributed by atoms with van der Waals surface area (Å²) in [5, 5.41) is 4.01. The van der Waals surface area contributed by atoms with E-state index >= 15 is 0 Å². The standard InChI is InChI=1S/C18H20FN7O.ClH/c1-24(2)16-7-6-14(10-21-16)15-4-3-5-17(23-15)25-12-22-26(18(25)27)11-13(8-19)9-20;/h3-8,10,12H,9,11,20H2,1-2H3;1H/b13-8+;. The van der Waals surface area contributed by atoms with E-state index in [1.165, 1.54) is 10.9 Å². The first-order valence-corrected chi connectivity index (χ1v) is 8.27. The Balaban J connectivity index is 0.00000280. The Kier molecular flexibility index (Phi) is 7.02. The fourth-order valence-electron chi connectivity index (χ4n) is 2.46. The fraction of sp³-hybridized carbons (Fsp3) is 0.222. The van der Waals surface area contributed by atoms with E-state index in [-0.39, 0.29) is 31.1 Å². The van der Waals surface area contributed by atoms with E-state index in [9.17, 15) is 9.18 Å². The van der Waals surface area contributed by atoms with Crippen LogP contribution in [0.25, 0.3) is 17.1 Å². The molecule has 8 nitrogen and oxygen atoms in total. The van der Waals surface area contributed by atoms with Gasteiger partial charge in [0, 0.05) is 32.4 Å². The molecule has 2 N–H and O–H groups in total. The maximum absolute atomic E-state index is 12.7. The summed E-state index contributed by atoms with van der Waals surface area (Å²) in [6.45, 7) is 0.00786. The second kappa shape index (κ2) is 9.25. The van der Waals surface area contributed by atoms with Crippen LogP contribution in [0.3, 0.4) is 0 Å². The van der Waals surface area contributed by atoms with Crippen LogP contribution in [0.5, 0.6) is 0 Å². The van der Waals surface area contributed by atoms with Crippen LogP contribution in [0.1, 0.15) is 0 Å². The molecular weight excluding hydrogens is 385 g/mol. The average molecular weight is 406 g/mol. The van der Waals surface area contributed by atoms with E-state index in [1.54, 1.807) is 18.3 Å². The first kappa shape index (κ1) is 21.3. The molecule has 0 saturated carbocycles. The number of hydrogen-bond donors (Lipinski definition) is 1. The number of pyridine rings is 2. The predicted molar refractivity (Wildman–Crippen MR) is 109 cm³/mol. The topological polar surface area (TPSA) is 94.9 Å². The molecule has 0 bridgehead atoms. The number of rotatable bonds is 6. The molecule has 0 fully saturated rings. The monoisotopic (exact) mass is 405 g/mol. The smallest absolute Gasteiger partial charge is 0.351 e. The van der Waals surface area contributed by atoms with Crippen molar-refractivity contribution in [1.82, 2.24) is 24.3 Å². The lowest BCUT2D eigenvalue weighted by Crippen LogP contribution is -2.26. The summed E-state index contributed by atoms with van der Waals surface area (Å²) in [5.74, 6) is 1.25. The minimum absolute atomic E-state index is 0. The lowest BCUT2D eigenvalue weighted by Gasteiger charge is -2.11. The fourth-order valence-corrected chi connectivity index (χ4v) is 2.46. The van der Waals surface area contributed by atoms with E-state index < -0.39 is 5.69 Å². The van der Waals surface area contributed by atoms with E-state index in [2.05, 4.69) is 15.1 Å². The summed E-state index contributed by atoms with van der Waals surface area (Å²) in [4.78, 5) is 23.3. The Morgan fingerprint density at radius 1 is 1.29 bits per heavy atom. The molecule has 0 atom stereocenters. The van der Waals surface area contributed by atoms with Gasteiger partial charge in [-0.25, -0.2) is 28.4 Å². The van der Waals surface area contributed by atoms with Crippen LogP contribution in [0.15, 0.2) is 59.6 Å². The molecule has 10 heteroatoms. The van der Waals surface area contributed by atoms with Gasteiger partial charge in [0.15, 0.2) is 0 Å². The van der Waals surface area contributed by atoms with Gasteiger partial charge in [0.25, 0.3) is 0 Å². The lowest BCUT2D eigenvalue weighted by molar-refractivity contribution is 0.612. The van der Waals surface area contributed by atoms with Gasteiger partial charge in [0.1, 0.15) is 18.0 Å². The second-order valence-corrected chi connectivity index (χ2v) is 6.09. The van der Waals surface area contributed by atoms with Crippen LogP contribution in [-0.2, 0) is 6.54 Å². The first-order chi connectivity index (χ1) is 13.0. The quantitative estimate of drug-likeness (QED) is 0.671. The highest BCUT2D eigenvalue weighted by atomic mass is 35.5. The third-order valence-electron chi connectivity index (χ3n) is 3.99. The van der Waals surface area contributed by atoms with Crippen LogP contribution in [-0.4, -0.2) is 45.0 Å². The SMILES string of the molecule is CN(C)c1ccc(-c2cccc(-n3cnn(C/C(=C/F)CN)c3=O)n2)cn1.Cl. The van der Waals surface area contributed by atoms with Crippen LogP contribution in [0.4, 0.5) is 10.2 Å². The van der Waals surface area contributed by atoms with E-state index in [0.717, 1.165) is 16.1 Å². The molecule has 0 aromatic carbocycles. The molecule has 28 heavy (non-hydrogen) atoms. The summed E-state index contributed by atoms with van der Waals surface area (Å²) < 4.78 is 15.2. The molecule has 148 valence electrons. The van der Waals surface area contributed by atoms with Crippen molar-refractivity contribution in [2.75, 3.05) is 25.5 Å². The highest BCUT2D eigenvalue weighted by molar-refractivity contribution is 5.85. The molecular formula is C18H21ClFN7O. The van der Waals surface area contributed by atoms with Crippen LogP contribution in [0.2, 0.25) is 0 Å². The van der Waals surface area contributed by atoms with Crippen molar-refractivity contribution < 1.29 is 4.39 Å².